The number of nitrogens with zero attached hydrogens (tertiary/aromatic N) is 4. The van der Waals surface area contributed by atoms with Gasteiger partial charge in [0.1, 0.15) is 5.82 Å². The molecule has 198 valence electrons. The fourth-order valence-electron chi connectivity index (χ4n) is 4.22. The summed E-state index contributed by atoms with van der Waals surface area (Å²) in [6.07, 6.45) is 6.61. The van der Waals surface area contributed by atoms with E-state index in [1.165, 1.54) is 30.3 Å². The highest BCUT2D eigenvalue weighted by Crippen LogP contribution is 2.14. The van der Waals surface area contributed by atoms with Crippen LogP contribution in [0.2, 0.25) is 0 Å². The Morgan fingerprint density at radius 3 is 2.32 bits per heavy atom. The average Bonchev–Trinajstić information content (AvgIpc) is 2.91. The topological polar surface area (TPSA) is 87.0 Å². The number of piperazine rings is 1. The van der Waals surface area contributed by atoms with Gasteiger partial charge in [-0.25, -0.2) is 4.39 Å². The number of hydrogen-bond acceptors (Lipinski definition) is 5. The molecule has 0 N–H and O–H groups in total. The molecule has 0 saturated carbocycles. The molecular weight excluding hydrogens is 475 g/mol. The lowest BCUT2D eigenvalue weighted by molar-refractivity contribution is -0.384. The van der Waals surface area contributed by atoms with Gasteiger partial charge >= 0.3 is 0 Å². The minimum Gasteiger partial charge on any atom is -0.337 e. The van der Waals surface area contributed by atoms with Crippen LogP contribution in [-0.2, 0) is 16.1 Å². The summed E-state index contributed by atoms with van der Waals surface area (Å²) >= 11 is 0. The number of carbonyl (C=O) groups is 2. The molecule has 0 unspecified atom stereocenters. The monoisotopic (exact) mass is 510 g/mol. The van der Waals surface area contributed by atoms with Crippen molar-refractivity contribution in [2.45, 2.75) is 39.2 Å². The van der Waals surface area contributed by atoms with Crippen LogP contribution >= 0.6 is 0 Å². The third-order valence-electron chi connectivity index (χ3n) is 6.53. The SMILES string of the molecule is CCCCCC(=O)N(CCN1CCN(C(=O)/C=C/c2ccc([N+](=O)[O-])cc2)CC1)Cc1ccc(F)cc1. The Labute approximate surface area is 217 Å². The highest BCUT2D eigenvalue weighted by atomic mass is 19.1. The zero-order valence-electron chi connectivity index (χ0n) is 21.4. The molecule has 0 aromatic heterocycles. The maximum atomic E-state index is 13.3. The number of benzene rings is 2. The summed E-state index contributed by atoms with van der Waals surface area (Å²) in [5.41, 5.74) is 1.64. The molecule has 2 amide bonds. The highest BCUT2D eigenvalue weighted by molar-refractivity contribution is 5.91. The van der Waals surface area contributed by atoms with Crippen LogP contribution in [0.4, 0.5) is 10.1 Å². The van der Waals surface area contributed by atoms with Gasteiger partial charge in [-0.15, -0.1) is 0 Å². The van der Waals surface area contributed by atoms with E-state index in [2.05, 4.69) is 11.8 Å². The lowest BCUT2D eigenvalue weighted by Gasteiger charge is -2.35. The number of rotatable bonds is 12. The predicted octanol–water partition coefficient (Wildman–Crippen LogP) is 4.50. The van der Waals surface area contributed by atoms with Gasteiger partial charge in [-0.3, -0.25) is 24.6 Å². The zero-order chi connectivity index (χ0) is 26.6. The second-order valence-electron chi connectivity index (χ2n) is 9.25. The Morgan fingerprint density at radius 2 is 1.70 bits per heavy atom. The summed E-state index contributed by atoms with van der Waals surface area (Å²) in [6.45, 7) is 6.46. The molecule has 0 radical (unpaired) electrons. The van der Waals surface area contributed by atoms with Crippen molar-refractivity contribution in [3.63, 3.8) is 0 Å². The van der Waals surface area contributed by atoms with Gasteiger partial charge in [0.15, 0.2) is 0 Å². The van der Waals surface area contributed by atoms with E-state index >= 15 is 0 Å². The number of halogens is 1. The summed E-state index contributed by atoms with van der Waals surface area (Å²) in [5.74, 6) is -0.274. The standard InChI is InChI=1S/C28H35FN4O4/c1-2-3-4-5-27(34)32(22-24-6-11-25(29)12-7-24)21-18-30-16-19-31(20-17-30)28(35)15-10-23-8-13-26(14-9-23)33(36)37/h6-15H,2-5,16-22H2,1H3/b15-10+. The first-order valence-corrected chi connectivity index (χ1v) is 12.8. The van der Waals surface area contributed by atoms with Crippen LogP contribution in [0.1, 0.15) is 43.7 Å². The third-order valence-corrected chi connectivity index (χ3v) is 6.53. The number of nitro groups is 1. The van der Waals surface area contributed by atoms with Crippen molar-refractivity contribution < 1.29 is 18.9 Å². The van der Waals surface area contributed by atoms with Crippen LogP contribution in [0.3, 0.4) is 0 Å². The van der Waals surface area contributed by atoms with E-state index in [0.717, 1.165) is 30.4 Å². The molecule has 0 aliphatic carbocycles. The molecule has 9 heteroatoms. The van der Waals surface area contributed by atoms with E-state index in [0.29, 0.717) is 52.2 Å². The molecule has 1 saturated heterocycles. The molecule has 8 nitrogen and oxygen atoms in total. The van der Waals surface area contributed by atoms with Crippen molar-refractivity contribution >= 4 is 23.6 Å². The van der Waals surface area contributed by atoms with E-state index in [1.54, 1.807) is 35.2 Å². The molecule has 1 aliphatic rings. The van der Waals surface area contributed by atoms with Crippen molar-refractivity contribution in [2.75, 3.05) is 39.3 Å². The zero-order valence-corrected chi connectivity index (χ0v) is 21.4. The van der Waals surface area contributed by atoms with Crippen LogP contribution in [0.5, 0.6) is 0 Å². The Balaban J connectivity index is 1.48. The maximum Gasteiger partial charge on any atom is 0.269 e. The van der Waals surface area contributed by atoms with Crippen LogP contribution in [0, 0.1) is 15.9 Å². The van der Waals surface area contributed by atoms with Gasteiger partial charge in [-0.2, -0.15) is 0 Å². The Hall–Kier alpha value is -3.59. The number of hydrogen-bond donors (Lipinski definition) is 0. The van der Waals surface area contributed by atoms with Gasteiger partial charge in [0.25, 0.3) is 5.69 Å². The molecular formula is C28H35FN4O4. The average molecular weight is 511 g/mol. The molecule has 0 atom stereocenters. The van der Waals surface area contributed by atoms with Crippen LogP contribution in [-0.4, -0.2) is 70.7 Å². The van der Waals surface area contributed by atoms with Crippen molar-refractivity contribution in [1.82, 2.24) is 14.7 Å². The summed E-state index contributed by atoms with van der Waals surface area (Å²) in [5, 5.41) is 10.8. The van der Waals surface area contributed by atoms with Crippen LogP contribution < -0.4 is 0 Å². The predicted molar refractivity (Wildman–Crippen MR) is 141 cm³/mol. The molecule has 0 spiro atoms. The third kappa shape index (κ3) is 9.09. The number of amides is 2. The van der Waals surface area contributed by atoms with Gasteiger partial charge in [0.05, 0.1) is 4.92 Å². The minimum absolute atomic E-state index is 0.0125. The lowest BCUT2D eigenvalue weighted by Crippen LogP contribution is -2.50. The normalized spacial score (nSPS) is 14.2. The van der Waals surface area contributed by atoms with Gasteiger partial charge in [-0.05, 0) is 47.9 Å². The molecule has 1 fully saturated rings. The molecule has 37 heavy (non-hydrogen) atoms. The van der Waals surface area contributed by atoms with E-state index in [4.69, 9.17) is 0 Å². The number of carbonyl (C=O) groups excluding carboxylic acids is 2. The molecule has 0 bridgehead atoms. The second kappa shape index (κ2) is 14.2. The molecule has 2 aromatic rings. The van der Waals surface area contributed by atoms with Crippen molar-refractivity contribution in [3.8, 4) is 0 Å². The Morgan fingerprint density at radius 1 is 1.03 bits per heavy atom. The first kappa shape index (κ1) is 28.0. The van der Waals surface area contributed by atoms with E-state index in [-0.39, 0.29) is 23.3 Å². The molecule has 3 rings (SSSR count). The maximum absolute atomic E-state index is 13.3. The summed E-state index contributed by atoms with van der Waals surface area (Å²) in [6, 6.07) is 12.3. The fraction of sp³-hybridized carbons (Fsp3) is 0.429. The van der Waals surface area contributed by atoms with Crippen molar-refractivity contribution in [2.24, 2.45) is 0 Å². The van der Waals surface area contributed by atoms with Crippen molar-refractivity contribution in [1.29, 1.82) is 0 Å². The smallest absolute Gasteiger partial charge is 0.269 e. The second-order valence-corrected chi connectivity index (χ2v) is 9.25. The van der Waals surface area contributed by atoms with Gasteiger partial charge in [0.2, 0.25) is 11.8 Å². The molecule has 2 aromatic carbocycles. The van der Waals surface area contributed by atoms with E-state index < -0.39 is 4.92 Å². The lowest BCUT2D eigenvalue weighted by atomic mass is 10.1. The molecule has 1 aliphatic heterocycles. The van der Waals surface area contributed by atoms with Gasteiger partial charge in [-0.1, -0.05) is 31.9 Å². The highest BCUT2D eigenvalue weighted by Gasteiger charge is 2.21. The fourth-order valence-corrected chi connectivity index (χ4v) is 4.22. The molecule has 1 heterocycles. The Bertz CT molecular complexity index is 1060. The van der Waals surface area contributed by atoms with Crippen molar-refractivity contribution in [3.05, 3.63) is 81.7 Å². The first-order chi connectivity index (χ1) is 17.9. The number of unbranched alkanes of at least 4 members (excludes halogenated alkanes) is 2. The van der Waals surface area contributed by atoms with Crippen LogP contribution in [0.15, 0.2) is 54.6 Å². The number of non-ortho nitro benzene ring substituents is 1. The van der Waals surface area contributed by atoms with Gasteiger partial charge in [0, 0.05) is 70.4 Å². The van der Waals surface area contributed by atoms with Crippen LogP contribution in [0.25, 0.3) is 6.08 Å². The summed E-state index contributed by atoms with van der Waals surface area (Å²) in [4.78, 5) is 41.7. The largest absolute Gasteiger partial charge is 0.337 e. The summed E-state index contributed by atoms with van der Waals surface area (Å²) in [7, 11) is 0. The Kier molecular flexibility index (Phi) is 10.8. The number of nitro benzene ring substituents is 1. The summed E-state index contributed by atoms with van der Waals surface area (Å²) < 4.78 is 13.3. The van der Waals surface area contributed by atoms with E-state index in [1.807, 2.05) is 4.90 Å². The van der Waals surface area contributed by atoms with E-state index in [9.17, 15) is 24.1 Å². The minimum atomic E-state index is -0.456. The first-order valence-electron chi connectivity index (χ1n) is 12.8. The van der Waals surface area contributed by atoms with Gasteiger partial charge < -0.3 is 9.80 Å². The quantitative estimate of drug-likeness (QED) is 0.182.